The van der Waals surface area contributed by atoms with Gasteiger partial charge in [-0.1, -0.05) is 61.6 Å². The van der Waals surface area contributed by atoms with E-state index >= 15 is 0 Å². The minimum atomic E-state index is 0.899. The molecule has 1 aliphatic carbocycles. The van der Waals surface area contributed by atoms with Gasteiger partial charge in [0.2, 0.25) is 0 Å². The highest BCUT2D eigenvalue weighted by molar-refractivity contribution is 6.32. The molecule has 92 valence electrons. The first-order valence-corrected chi connectivity index (χ1v) is 7.19. The third kappa shape index (κ3) is 3.89. The molecule has 0 saturated carbocycles. The smallest absolute Gasteiger partial charge is 0.0481 e. The zero-order valence-electron chi connectivity index (χ0n) is 10.4. The quantitative estimate of drug-likeness (QED) is 0.584. The second kappa shape index (κ2) is 6.86. The molecular formula is C16H21Cl. The highest BCUT2D eigenvalue weighted by atomic mass is 35.5. The summed E-state index contributed by atoms with van der Waals surface area (Å²) in [7, 11) is 0. The summed E-state index contributed by atoms with van der Waals surface area (Å²) in [5.41, 5.74) is 2.70. The van der Waals surface area contributed by atoms with E-state index in [0.29, 0.717) is 0 Å². The van der Waals surface area contributed by atoms with Crippen molar-refractivity contribution in [1.29, 1.82) is 0 Å². The second-order valence-electron chi connectivity index (χ2n) is 4.87. The van der Waals surface area contributed by atoms with Crippen LogP contribution in [0, 0.1) is 0 Å². The Hall–Kier alpha value is -0.750. The molecule has 0 bridgehead atoms. The SMILES string of the molecule is Clc1ccccc1/C1=C/CCCCCCCC1. The van der Waals surface area contributed by atoms with Gasteiger partial charge < -0.3 is 0 Å². The Morgan fingerprint density at radius 2 is 1.53 bits per heavy atom. The highest BCUT2D eigenvalue weighted by Crippen LogP contribution is 2.29. The minimum Gasteiger partial charge on any atom is -0.0837 e. The van der Waals surface area contributed by atoms with E-state index in [1.165, 1.54) is 62.5 Å². The molecule has 0 atom stereocenters. The summed E-state index contributed by atoms with van der Waals surface area (Å²) in [6.07, 6.45) is 13.0. The molecule has 0 amide bonds. The van der Waals surface area contributed by atoms with Crippen LogP contribution < -0.4 is 0 Å². The van der Waals surface area contributed by atoms with Crippen molar-refractivity contribution >= 4 is 17.2 Å². The fourth-order valence-corrected chi connectivity index (χ4v) is 2.77. The van der Waals surface area contributed by atoms with E-state index < -0.39 is 0 Å². The first-order chi connectivity index (χ1) is 8.38. The van der Waals surface area contributed by atoms with Crippen molar-refractivity contribution in [2.24, 2.45) is 0 Å². The predicted octanol–water partition coefficient (Wildman–Crippen LogP) is 5.86. The Bertz CT molecular complexity index is 379. The molecule has 0 spiro atoms. The third-order valence-corrected chi connectivity index (χ3v) is 3.84. The van der Waals surface area contributed by atoms with Gasteiger partial charge in [0.1, 0.15) is 0 Å². The first kappa shape index (κ1) is 12.7. The lowest BCUT2D eigenvalue weighted by Crippen LogP contribution is -1.90. The van der Waals surface area contributed by atoms with Crippen LogP contribution in [-0.2, 0) is 0 Å². The lowest BCUT2D eigenvalue weighted by molar-refractivity contribution is 0.595. The maximum absolute atomic E-state index is 6.28. The van der Waals surface area contributed by atoms with E-state index in [-0.39, 0.29) is 0 Å². The fourth-order valence-electron chi connectivity index (χ4n) is 2.51. The Balaban J connectivity index is 2.15. The van der Waals surface area contributed by atoms with Crippen LogP contribution in [-0.4, -0.2) is 0 Å². The number of rotatable bonds is 1. The van der Waals surface area contributed by atoms with Crippen molar-refractivity contribution < 1.29 is 0 Å². The number of benzene rings is 1. The van der Waals surface area contributed by atoms with Crippen LogP contribution in [0.3, 0.4) is 0 Å². The highest BCUT2D eigenvalue weighted by Gasteiger charge is 2.06. The number of halogens is 1. The Labute approximate surface area is 110 Å². The van der Waals surface area contributed by atoms with E-state index in [1.807, 2.05) is 12.1 Å². The summed E-state index contributed by atoms with van der Waals surface area (Å²) in [4.78, 5) is 0. The van der Waals surface area contributed by atoms with Crippen molar-refractivity contribution in [3.8, 4) is 0 Å². The van der Waals surface area contributed by atoms with E-state index in [1.54, 1.807) is 0 Å². The van der Waals surface area contributed by atoms with Crippen molar-refractivity contribution in [1.82, 2.24) is 0 Å². The zero-order chi connectivity index (χ0) is 11.9. The normalized spacial score (nSPS) is 21.6. The molecular weight excluding hydrogens is 228 g/mol. The van der Waals surface area contributed by atoms with Gasteiger partial charge in [-0.2, -0.15) is 0 Å². The van der Waals surface area contributed by atoms with Gasteiger partial charge in [-0.05, 0) is 42.9 Å². The van der Waals surface area contributed by atoms with Gasteiger partial charge in [0.15, 0.2) is 0 Å². The Kier molecular flexibility index (Phi) is 5.12. The molecule has 1 heteroatoms. The van der Waals surface area contributed by atoms with Gasteiger partial charge in [-0.15, -0.1) is 0 Å². The summed E-state index contributed by atoms with van der Waals surface area (Å²) < 4.78 is 0. The van der Waals surface area contributed by atoms with Gasteiger partial charge in [-0.25, -0.2) is 0 Å². The molecule has 0 N–H and O–H groups in total. The standard InChI is InChI=1S/C16H21Cl/c17-16-13-9-8-12-15(16)14-10-6-4-2-1-3-5-7-11-14/h8-10,12-13H,1-7,11H2/b14-10+. The first-order valence-electron chi connectivity index (χ1n) is 6.82. The summed E-state index contributed by atoms with van der Waals surface area (Å²) in [5.74, 6) is 0. The summed E-state index contributed by atoms with van der Waals surface area (Å²) in [6, 6.07) is 8.24. The van der Waals surface area contributed by atoms with Crippen molar-refractivity contribution in [3.05, 3.63) is 40.9 Å². The minimum absolute atomic E-state index is 0.899. The average molecular weight is 249 g/mol. The largest absolute Gasteiger partial charge is 0.0837 e. The number of hydrogen-bond donors (Lipinski definition) is 0. The molecule has 0 unspecified atom stereocenters. The van der Waals surface area contributed by atoms with Gasteiger partial charge in [0.05, 0.1) is 0 Å². The Morgan fingerprint density at radius 3 is 2.35 bits per heavy atom. The van der Waals surface area contributed by atoms with E-state index in [9.17, 15) is 0 Å². The Morgan fingerprint density at radius 1 is 0.824 bits per heavy atom. The van der Waals surface area contributed by atoms with Crippen LogP contribution in [0.4, 0.5) is 0 Å². The lowest BCUT2D eigenvalue weighted by atomic mass is 9.95. The fraction of sp³-hybridized carbons (Fsp3) is 0.500. The summed E-state index contributed by atoms with van der Waals surface area (Å²) in [5, 5.41) is 0.899. The second-order valence-corrected chi connectivity index (χ2v) is 5.28. The topological polar surface area (TPSA) is 0 Å². The van der Waals surface area contributed by atoms with Crippen LogP contribution in [0.15, 0.2) is 30.3 Å². The maximum atomic E-state index is 6.28. The van der Waals surface area contributed by atoms with E-state index in [4.69, 9.17) is 11.6 Å². The summed E-state index contributed by atoms with van der Waals surface area (Å²) in [6.45, 7) is 0. The molecule has 2 rings (SSSR count). The molecule has 1 aliphatic rings. The van der Waals surface area contributed by atoms with Crippen LogP contribution in [0.5, 0.6) is 0 Å². The molecule has 0 aromatic heterocycles. The van der Waals surface area contributed by atoms with Gasteiger partial charge >= 0.3 is 0 Å². The summed E-state index contributed by atoms with van der Waals surface area (Å²) >= 11 is 6.28. The van der Waals surface area contributed by atoms with Crippen LogP contribution >= 0.6 is 11.6 Å². The zero-order valence-corrected chi connectivity index (χ0v) is 11.2. The molecule has 1 aromatic carbocycles. The average Bonchev–Trinajstić information content (AvgIpc) is 2.37. The molecule has 17 heavy (non-hydrogen) atoms. The number of allylic oxidation sites excluding steroid dienone is 2. The van der Waals surface area contributed by atoms with Gasteiger partial charge in [0, 0.05) is 5.02 Å². The van der Waals surface area contributed by atoms with E-state index in [2.05, 4.69) is 18.2 Å². The van der Waals surface area contributed by atoms with Crippen LogP contribution in [0.1, 0.15) is 56.9 Å². The molecule has 0 saturated heterocycles. The predicted molar refractivity (Wildman–Crippen MR) is 76.4 cm³/mol. The molecule has 0 radical (unpaired) electrons. The van der Waals surface area contributed by atoms with Crippen molar-refractivity contribution in [2.45, 2.75) is 51.4 Å². The third-order valence-electron chi connectivity index (χ3n) is 3.51. The van der Waals surface area contributed by atoms with Gasteiger partial charge in [-0.3, -0.25) is 0 Å². The maximum Gasteiger partial charge on any atom is 0.0481 e. The van der Waals surface area contributed by atoms with Crippen LogP contribution in [0.25, 0.3) is 5.57 Å². The molecule has 0 nitrogen and oxygen atoms in total. The molecule has 1 aromatic rings. The molecule has 0 aliphatic heterocycles. The van der Waals surface area contributed by atoms with E-state index in [0.717, 1.165) is 5.02 Å². The monoisotopic (exact) mass is 248 g/mol. The lowest BCUT2D eigenvalue weighted by Gasteiger charge is -2.12. The molecule has 0 heterocycles. The van der Waals surface area contributed by atoms with Crippen molar-refractivity contribution in [3.63, 3.8) is 0 Å². The van der Waals surface area contributed by atoms with Gasteiger partial charge in [0.25, 0.3) is 0 Å². The van der Waals surface area contributed by atoms with Crippen LogP contribution in [0.2, 0.25) is 5.02 Å². The van der Waals surface area contributed by atoms with Crippen molar-refractivity contribution in [2.75, 3.05) is 0 Å². The number of hydrogen-bond acceptors (Lipinski definition) is 0. The molecule has 0 fully saturated rings.